The van der Waals surface area contributed by atoms with E-state index >= 15 is 0 Å². The quantitative estimate of drug-likeness (QED) is 0.143. The first kappa shape index (κ1) is 30.9. The Bertz CT molecular complexity index is 2200. The highest BCUT2D eigenvalue weighted by Gasteiger charge is 2.41. The number of pyridine rings is 1. The molecule has 230 valence electrons. The standard InChI is InChI=1S/C32H28N3.C7H8O3S/c1-32(2)27-18-12-22-33-31(27)34(3)29(32)21-20-26-25-17-10-11-19-28(25)35(24-15-8-5-9-16-24)30(26)23-13-6-4-7-14-23;1-6-2-4-7(5-3-6)11(8,9)10/h4-22H,1-3H3;2-5H,1H3,(H,8,9,10)/q+1;/p-1. The molecule has 1 aliphatic heterocycles. The maximum absolute atomic E-state index is 10.4. The zero-order valence-electron chi connectivity index (χ0n) is 26.3. The Balaban J connectivity index is 0.000000288. The lowest BCUT2D eigenvalue weighted by molar-refractivity contribution is -0.405. The summed E-state index contributed by atoms with van der Waals surface area (Å²) >= 11 is 0. The van der Waals surface area contributed by atoms with Gasteiger partial charge in [0.05, 0.1) is 34.1 Å². The first-order chi connectivity index (χ1) is 22.1. The minimum Gasteiger partial charge on any atom is -0.744 e. The van der Waals surface area contributed by atoms with Crippen molar-refractivity contribution in [1.82, 2.24) is 9.55 Å². The second-order valence-corrected chi connectivity index (χ2v) is 13.2. The van der Waals surface area contributed by atoms with Gasteiger partial charge in [-0.2, -0.15) is 0 Å². The Morgan fingerprint density at radius 1 is 0.783 bits per heavy atom. The van der Waals surface area contributed by atoms with Gasteiger partial charge in [-0.3, -0.25) is 0 Å². The summed E-state index contributed by atoms with van der Waals surface area (Å²) in [6, 6.07) is 40.0. The molecule has 0 saturated heterocycles. The van der Waals surface area contributed by atoms with Crippen LogP contribution >= 0.6 is 0 Å². The maximum Gasteiger partial charge on any atom is 0.327 e. The first-order valence-electron chi connectivity index (χ1n) is 15.1. The lowest BCUT2D eigenvalue weighted by atomic mass is 9.82. The van der Waals surface area contributed by atoms with Crippen LogP contribution in [0.4, 0.5) is 5.82 Å². The van der Waals surface area contributed by atoms with Crippen molar-refractivity contribution < 1.29 is 17.5 Å². The number of benzene rings is 4. The highest BCUT2D eigenvalue weighted by molar-refractivity contribution is 7.85. The van der Waals surface area contributed by atoms with Gasteiger partial charge in [0.25, 0.3) is 0 Å². The van der Waals surface area contributed by atoms with Crippen LogP contribution in [-0.4, -0.2) is 39.9 Å². The Morgan fingerprint density at radius 2 is 1.41 bits per heavy atom. The van der Waals surface area contributed by atoms with Gasteiger partial charge in [0.15, 0.2) is 0 Å². The number of hydrogen-bond donors (Lipinski definition) is 0. The molecule has 46 heavy (non-hydrogen) atoms. The molecule has 0 fully saturated rings. The molecular formula is C39H35N3O3S. The second kappa shape index (κ2) is 12.4. The van der Waals surface area contributed by atoms with Crippen LogP contribution in [0, 0.1) is 6.92 Å². The van der Waals surface area contributed by atoms with E-state index in [1.165, 1.54) is 51.1 Å². The van der Waals surface area contributed by atoms with E-state index in [9.17, 15) is 13.0 Å². The number of hydrogen-bond acceptors (Lipinski definition) is 4. The third kappa shape index (κ3) is 5.83. The monoisotopic (exact) mass is 625 g/mol. The molecule has 7 rings (SSSR count). The third-order valence-corrected chi connectivity index (χ3v) is 9.32. The van der Waals surface area contributed by atoms with Gasteiger partial charge in [0.2, 0.25) is 0 Å². The average Bonchev–Trinajstić information content (AvgIpc) is 3.49. The Morgan fingerprint density at radius 3 is 2.07 bits per heavy atom. The van der Waals surface area contributed by atoms with Gasteiger partial charge < -0.3 is 9.12 Å². The Kier molecular flexibility index (Phi) is 8.30. The zero-order chi connectivity index (χ0) is 32.5. The molecule has 4 aromatic carbocycles. The van der Waals surface area contributed by atoms with Crippen LogP contribution in [0.15, 0.2) is 138 Å². The highest BCUT2D eigenvalue weighted by atomic mass is 32.2. The largest absolute Gasteiger partial charge is 0.744 e. The van der Waals surface area contributed by atoms with Crippen molar-refractivity contribution in [2.75, 3.05) is 7.05 Å². The summed E-state index contributed by atoms with van der Waals surface area (Å²) in [4.78, 5) is 4.49. The zero-order valence-corrected chi connectivity index (χ0v) is 27.1. The predicted octanol–water partition coefficient (Wildman–Crippen LogP) is 8.31. The van der Waals surface area contributed by atoms with E-state index in [1.807, 2.05) is 19.2 Å². The van der Waals surface area contributed by atoms with Gasteiger partial charge >= 0.3 is 5.82 Å². The van der Waals surface area contributed by atoms with Gasteiger partial charge in [0, 0.05) is 16.6 Å². The number of para-hydroxylation sites is 2. The Hall–Kier alpha value is -5.11. The van der Waals surface area contributed by atoms with E-state index in [0.717, 1.165) is 17.1 Å². The third-order valence-electron chi connectivity index (χ3n) is 8.47. The molecule has 0 bridgehead atoms. The number of aryl methyl sites for hydroxylation is 1. The fourth-order valence-corrected chi connectivity index (χ4v) is 6.64. The van der Waals surface area contributed by atoms with Gasteiger partial charge in [-0.05, 0) is 85.9 Å². The molecule has 1 aliphatic rings. The van der Waals surface area contributed by atoms with Crippen molar-refractivity contribution in [2.24, 2.45) is 0 Å². The molecule has 2 aromatic heterocycles. The summed E-state index contributed by atoms with van der Waals surface area (Å²) < 4.78 is 35.8. The SMILES string of the molecule is C[N+]1=C(/C=C/c2c(-c3ccccc3)n(-c3ccccc3)c3ccccc23)C(C)(C)c2cccnc21.Cc1ccc(S(=O)(=O)[O-])cc1. The summed E-state index contributed by atoms with van der Waals surface area (Å²) in [7, 11) is -2.15. The van der Waals surface area contributed by atoms with Crippen molar-refractivity contribution in [1.29, 1.82) is 0 Å². The van der Waals surface area contributed by atoms with E-state index in [-0.39, 0.29) is 10.3 Å². The van der Waals surface area contributed by atoms with Crippen LogP contribution in [-0.2, 0) is 15.5 Å². The van der Waals surface area contributed by atoms with Crippen molar-refractivity contribution in [2.45, 2.75) is 31.1 Å². The number of fused-ring (bicyclic) bond motifs is 2. The number of aromatic nitrogens is 2. The average molecular weight is 626 g/mol. The predicted molar refractivity (Wildman–Crippen MR) is 185 cm³/mol. The van der Waals surface area contributed by atoms with Crippen LogP contribution in [0.1, 0.15) is 30.5 Å². The highest BCUT2D eigenvalue weighted by Crippen LogP contribution is 2.40. The van der Waals surface area contributed by atoms with Crippen LogP contribution in [0.25, 0.3) is 33.9 Å². The lowest BCUT2D eigenvalue weighted by Gasteiger charge is -2.17. The minimum absolute atomic E-state index is 0.125. The molecule has 0 spiro atoms. The molecule has 6 aromatic rings. The summed E-state index contributed by atoms with van der Waals surface area (Å²) in [5, 5.41) is 1.24. The van der Waals surface area contributed by atoms with E-state index in [0.29, 0.717) is 0 Å². The fourth-order valence-electron chi connectivity index (χ4n) is 6.17. The van der Waals surface area contributed by atoms with Crippen molar-refractivity contribution in [3.05, 3.63) is 150 Å². The van der Waals surface area contributed by atoms with Crippen LogP contribution in [0.5, 0.6) is 0 Å². The second-order valence-electron chi connectivity index (χ2n) is 11.9. The molecular weight excluding hydrogens is 591 g/mol. The van der Waals surface area contributed by atoms with Crippen LogP contribution < -0.4 is 0 Å². The molecule has 7 heteroatoms. The summed E-state index contributed by atoms with van der Waals surface area (Å²) in [6.07, 6.45) is 6.45. The topological polar surface area (TPSA) is 78.0 Å². The number of nitrogens with zero attached hydrogens (tertiary/aromatic N) is 3. The molecule has 0 atom stereocenters. The molecule has 0 N–H and O–H groups in total. The molecule has 0 amide bonds. The molecule has 0 unspecified atom stereocenters. The first-order valence-corrected chi connectivity index (χ1v) is 16.5. The molecule has 3 heterocycles. The summed E-state index contributed by atoms with van der Waals surface area (Å²) in [6.45, 7) is 6.38. The van der Waals surface area contributed by atoms with Crippen molar-refractivity contribution in [3.8, 4) is 16.9 Å². The van der Waals surface area contributed by atoms with E-state index in [2.05, 4.69) is 138 Å². The summed E-state index contributed by atoms with van der Waals surface area (Å²) in [5.41, 5.74) is 9.27. The summed E-state index contributed by atoms with van der Waals surface area (Å²) in [5.74, 6) is 1.03. The van der Waals surface area contributed by atoms with E-state index in [4.69, 9.17) is 0 Å². The number of rotatable bonds is 5. The van der Waals surface area contributed by atoms with Gasteiger partial charge in [-0.25, -0.2) is 13.0 Å². The fraction of sp³-hybridized carbons (Fsp3) is 0.128. The van der Waals surface area contributed by atoms with Crippen molar-refractivity contribution in [3.63, 3.8) is 0 Å². The normalized spacial score (nSPS) is 13.9. The molecule has 0 saturated carbocycles. The lowest BCUT2D eigenvalue weighted by Crippen LogP contribution is -2.26. The van der Waals surface area contributed by atoms with E-state index in [1.54, 1.807) is 12.1 Å². The minimum atomic E-state index is -4.27. The van der Waals surface area contributed by atoms with Gasteiger partial charge in [-0.1, -0.05) is 84.4 Å². The molecule has 0 radical (unpaired) electrons. The number of allylic oxidation sites excluding steroid dienone is 1. The van der Waals surface area contributed by atoms with E-state index < -0.39 is 10.1 Å². The molecule has 6 nitrogen and oxygen atoms in total. The van der Waals surface area contributed by atoms with Crippen molar-refractivity contribution >= 4 is 38.6 Å². The smallest absolute Gasteiger partial charge is 0.327 e. The van der Waals surface area contributed by atoms with Gasteiger partial charge in [-0.15, -0.1) is 0 Å². The van der Waals surface area contributed by atoms with Crippen LogP contribution in [0.3, 0.4) is 0 Å². The van der Waals surface area contributed by atoms with Gasteiger partial charge in [0.1, 0.15) is 22.0 Å². The Labute approximate surface area is 270 Å². The molecule has 0 aliphatic carbocycles. The van der Waals surface area contributed by atoms with Crippen LogP contribution in [0.2, 0.25) is 0 Å². The maximum atomic E-state index is 10.4.